The van der Waals surface area contributed by atoms with Crippen molar-refractivity contribution in [3.63, 3.8) is 0 Å². The fourth-order valence-electron chi connectivity index (χ4n) is 5.88. The van der Waals surface area contributed by atoms with Crippen molar-refractivity contribution >= 4 is 29.1 Å². The van der Waals surface area contributed by atoms with Crippen LogP contribution in [-0.4, -0.2) is 24.9 Å². The maximum absolute atomic E-state index is 12.8. The number of ether oxygens (including phenoxy) is 1. The van der Waals surface area contributed by atoms with Gasteiger partial charge in [0.05, 0.1) is 17.2 Å². The Morgan fingerprint density at radius 3 is 2.42 bits per heavy atom. The van der Waals surface area contributed by atoms with Crippen LogP contribution < -0.4 is 10.1 Å². The molecule has 1 aromatic rings. The number of nitrogens with one attached hydrogen (secondary N) is 1. The van der Waals surface area contributed by atoms with E-state index in [4.69, 9.17) is 27.9 Å². The largest absolute Gasteiger partial charge is 0.494 e. The van der Waals surface area contributed by atoms with Crippen LogP contribution in [0.2, 0.25) is 5.02 Å². The average molecular weight is 396 g/mol. The molecule has 4 fully saturated rings. The monoisotopic (exact) mass is 395 g/mol. The Labute approximate surface area is 165 Å². The van der Waals surface area contributed by atoms with Gasteiger partial charge in [0.1, 0.15) is 5.75 Å². The number of halogens is 2. The van der Waals surface area contributed by atoms with E-state index in [1.165, 1.54) is 38.5 Å². The zero-order valence-corrected chi connectivity index (χ0v) is 16.6. The highest BCUT2D eigenvalue weighted by Crippen LogP contribution is 2.59. The van der Waals surface area contributed by atoms with Crippen LogP contribution in [0.15, 0.2) is 18.2 Å². The van der Waals surface area contributed by atoms with E-state index in [2.05, 4.69) is 5.32 Å². The molecule has 4 aliphatic rings. The number of hydrogen-bond acceptors (Lipinski definition) is 2. The lowest BCUT2D eigenvalue weighted by Gasteiger charge is -2.56. The van der Waals surface area contributed by atoms with Crippen LogP contribution >= 0.6 is 23.2 Å². The van der Waals surface area contributed by atoms with Gasteiger partial charge in [-0.05, 0) is 86.3 Å². The second-order valence-corrected chi connectivity index (χ2v) is 9.42. The van der Waals surface area contributed by atoms with Crippen molar-refractivity contribution in [2.75, 3.05) is 19.0 Å². The van der Waals surface area contributed by atoms with Crippen molar-refractivity contribution in [2.24, 2.45) is 23.2 Å². The van der Waals surface area contributed by atoms with Gasteiger partial charge < -0.3 is 10.1 Å². The van der Waals surface area contributed by atoms with Gasteiger partial charge in [0, 0.05) is 12.4 Å². The second kappa shape index (κ2) is 7.59. The molecule has 0 unspecified atom stereocenters. The van der Waals surface area contributed by atoms with E-state index in [1.807, 2.05) is 0 Å². The van der Waals surface area contributed by atoms with Crippen LogP contribution in [0.1, 0.15) is 55.3 Å². The zero-order chi connectivity index (χ0) is 18.1. The summed E-state index contributed by atoms with van der Waals surface area (Å²) < 4.78 is 5.65. The van der Waals surface area contributed by atoms with Gasteiger partial charge in [0.15, 0.2) is 0 Å². The highest BCUT2D eigenvalue weighted by Gasteiger charge is 2.50. The average Bonchev–Trinajstić information content (AvgIpc) is 2.60. The minimum absolute atomic E-state index is 0.0893. The lowest BCUT2D eigenvalue weighted by atomic mass is 9.49. The summed E-state index contributed by atoms with van der Waals surface area (Å²) in [5, 5.41) is 3.66. The maximum atomic E-state index is 12.8. The second-order valence-electron chi connectivity index (χ2n) is 8.63. The lowest BCUT2D eigenvalue weighted by Crippen LogP contribution is -2.51. The molecular weight excluding hydrogens is 369 g/mol. The van der Waals surface area contributed by atoms with Gasteiger partial charge in [0.25, 0.3) is 5.91 Å². The minimum Gasteiger partial charge on any atom is -0.494 e. The first-order valence-electron chi connectivity index (χ1n) is 9.83. The summed E-state index contributed by atoms with van der Waals surface area (Å²) in [5.41, 5.74) is 0.825. The predicted octanol–water partition coefficient (Wildman–Crippen LogP) is 5.29. The summed E-state index contributed by atoms with van der Waals surface area (Å²) in [6.07, 6.45) is 8.89. The van der Waals surface area contributed by atoms with Crippen LogP contribution in [0.3, 0.4) is 0 Å². The number of carbonyl (C=O) groups is 1. The summed E-state index contributed by atoms with van der Waals surface area (Å²) >= 11 is 11.9. The zero-order valence-electron chi connectivity index (χ0n) is 15.1. The normalized spacial score (nSPS) is 31.8. The topological polar surface area (TPSA) is 38.3 Å². The summed E-state index contributed by atoms with van der Waals surface area (Å²) in [4.78, 5) is 12.8. The molecule has 3 nitrogen and oxygen atoms in total. The number of hydrogen-bond donors (Lipinski definition) is 1. The van der Waals surface area contributed by atoms with Gasteiger partial charge >= 0.3 is 0 Å². The number of carbonyl (C=O) groups excluding carboxylic acids is 1. The molecule has 5 heteroatoms. The van der Waals surface area contributed by atoms with E-state index in [9.17, 15) is 4.79 Å². The Kier molecular flexibility index (Phi) is 5.38. The first-order chi connectivity index (χ1) is 12.6. The number of benzene rings is 1. The molecule has 0 atom stereocenters. The van der Waals surface area contributed by atoms with E-state index >= 15 is 0 Å². The molecule has 0 radical (unpaired) electrons. The summed E-state index contributed by atoms with van der Waals surface area (Å²) in [5.74, 6) is 3.81. The summed E-state index contributed by atoms with van der Waals surface area (Å²) in [6, 6.07) is 5.27. The van der Waals surface area contributed by atoms with Crippen molar-refractivity contribution in [3.05, 3.63) is 28.8 Å². The number of alkyl halides is 1. The molecule has 1 N–H and O–H groups in total. The molecule has 0 saturated heterocycles. The molecule has 5 rings (SSSR count). The first kappa shape index (κ1) is 18.4. The summed E-state index contributed by atoms with van der Waals surface area (Å²) in [7, 11) is 0. The van der Waals surface area contributed by atoms with Crippen LogP contribution in [0.25, 0.3) is 0 Å². The molecule has 4 aliphatic carbocycles. The number of rotatable bonds is 7. The smallest absolute Gasteiger partial charge is 0.252 e. The van der Waals surface area contributed by atoms with Gasteiger partial charge in [-0.1, -0.05) is 11.6 Å². The molecular formula is C21H27Cl2NO2. The minimum atomic E-state index is -0.0893. The molecule has 1 aromatic carbocycles. The van der Waals surface area contributed by atoms with E-state index in [1.54, 1.807) is 18.2 Å². The van der Waals surface area contributed by atoms with E-state index in [-0.39, 0.29) is 5.91 Å². The lowest BCUT2D eigenvalue weighted by molar-refractivity contribution is -0.0503. The quantitative estimate of drug-likeness (QED) is 0.502. The Morgan fingerprint density at radius 2 is 1.81 bits per heavy atom. The molecule has 26 heavy (non-hydrogen) atoms. The maximum Gasteiger partial charge on any atom is 0.252 e. The van der Waals surface area contributed by atoms with Crippen molar-refractivity contribution < 1.29 is 9.53 Å². The Balaban J connectivity index is 1.40. The van der Waals surface area contributed by atoms with Crippen LogP contribution in [0, 0.1) is 23.2 Å². The Hall–Kier alpha value is -0.930. The molecule has 0 aliphatic heterocycles. The van der Waals surface area contributed by atoms with E-state index in [0.717, 1.165) is 30.7 Å². The Morgan fingerprint density at radius 1 is 1.15 bits per heavy atom. The first-order valence-corrected chi connectivity index (χ1v) is 10.7. The third-order valence-corrected chi connectivity index (χ3v) is 7.12. The van der Waals surface area contributed by atoms with E-state index < -0.39 is 0 Å². The number of amides is 1. The third kappa shape index (κ3) is 3.84. The molecule has 0 spiro atoms. The third-order valence-electron chi connectivity index (χ3n) is 6.52. The molecule has 1 amide bonds. The van der Waals surface area contributed by atoms with Crippen molar-refractivity contribution in [1.29, 1.82) is 0 Å². The van der Waals surface area contributed by atoms with Crippen LogP contribution in [-0.2, 0) is 0 Å². The molecule has 0 heterocycles. The van der Waals surface area contributed by atoms with Crippen LogP contribution in [0.4, 0.5) is 0 Å². The molecule has 4 bridgehead atoms. The SMILES string of the molecule is O=C(NCC12CC3CC(CC(C3)C1)C2)c1cc(OCCCCl)ccc1Cl. The fourth-order valence-corrected chi connectivity index (χ4v) is 6.19. The highest BCUT2D eigenvalue weighted by molar-refractivity contribution is 6.33. The van der Waals surface area contributed by atoms with Crippen molar-refractivity contribution in [2.45, 2.75) is 44.9 Å². The predicted molar refractivity (Wildman–Crippen MR) is 105 cm³/mol. The standard InChI is InChI=1S/C21H27Cl2NO2/c22-4-1-5-26-17-2-3-19(23)18(9-17)20(25)24-13-21-10-14-6-15(11-21)8-16(7-14)12-21/h2-3,9,14-16H,1,4-8,10-13H2,(H,24,25). The van der Waals surface area contributed by atoms with E-state index in [0.29, 0.717) is 34.2 Å². The fraction of sp³-hybridized carbons (Fsp3) is 0.667. The molecule has 4 saturated carbocycles. The van der Waals surface area contributed by atoms with Crippen LogP contribution in [0.5, 0.6) is 5.75 Å². The van der Waals surface area contributed by atoms with Gasteiger partial charge in [-0.3, -0.25) is 4.79 Å². The molecule has 142 valence electrons. The van der Waals surface area contributed by atoms with Gasteiger partial charge in [0.2, 0.25) is 0 Å². The van der Waals surface area contributed by atoms with Crippen molar-refractivity contribution in [3.8, 4) is 5.75 Å². The van der Waals surface area contributed by atoms with Gasteiger partial charge in [-0.2, -0.15) is 0 Å². The Bertz CT molecular complexity index is 641. The molecule has 0 aromatic heterocycles. The van der Waals surface area contributed by atoms with Crippen molar-refractivity contribution in [1.82, 2.24) is 5.32 Å². The van der Waals surface area contributed by atoms with Gasteiger partial charge in [-0.15, -0.1) is 11.6 Å². The van der Waals surface area contributed by atoms with Gasteiger partial charge in [-0.25, -0.2) is 0 Å². The summed E-state index contributed by atoms with van der Waals surface area (Å²) in [6.45, 7) is 1.32. The highest BCUT2D eigenvalue weighted by atomic mass is 35.5.